The molecule has 0 bridgehead atoms. The number of morpholine rings is 1. The molecule has 1 aromatic rings. The van der Waals surface area contributed by atoms with E-state index in [0.717, 1.165) is 84.6 Å². The summed E-state index contributed by atoms with van der Waals surface area (Å²) >= 11 is 0. The second kappa shape index (κ2) is 12.8. The van der Waals surface area contributed by atoms with Gasteiger partial charge < -0.3 is 24.8 Å². The largest absolute Gasteiger partial charge is 0.379 e. The molecule has 0 aliphatic carbocycles. The first kappa shape index (κ1) is 22.0. The Morgan fingerprint density at radius 1 is 1.10 bits per heavy atom. The molecule has 2 N–H and O–H groups in total. The van der Waals surface area contributed by atoms with Crippen LogP contribution in [0.1, 0.15) is 30.9 Å². The third-order valence-corrected chi connectivity index (χ3v) is 5.15. The number of guanidine groups is 1. The number of hydrogen-bond acceptors (Lipinski definition) is 5. The van der Waals surface area contributed by atoms with Gasteiger partial charge in [-0.2, -0.15) is 0 Å². The lowest BCUT2D eigenvalue weighted by Crippen LogP contribution is -2.38. The summed E-state index contributed by atoms with van der Waals surface area (Å²) in [5.74, 6) is 0.856. The fraction of sp³-hybridized carbons (Fsp3) is 0.682. The van der Waals surface area contributed by atoms with E-state index in [2.05, 4.69) is 46.7 Å². The van der Waals surface area contributed by atoms with Crippen LogP contribution in [0.25, 0.3) is 0 Å². The van der Waals surface area contributed by atoms with Crippen molar-refractivity contribution in [2.45, 2.75) is 39.0 Å². The summed E-state index contributed by atoms with van der Waals surface area (Å²) < 4.78 is 16.5. The molecule has 2 saturated heterocycles. The molecule has 0 amide bonds. The van der Waals surface area contributed by atoms with Crippen molar-refractivity contribution in [1.82, 2.24) is 15.5 Å². The third-order valence-electron chi connectivity index (χ3n) is 5.15. The molecular formula is C22H36N4O3. The van der Waals surface area contributed by atoms with Crippen LogP contribution in [0.3, 0.4) is 0 Å². The minimum Gasteiger partial charge on any atom is -0.379 e. The van der Waals surface area contributed by atoms with Gasteiger partial charge in [-0.25, -0.2) is 4.99 Å². The monoisotopic (exact) mass is 404 g/mol. The molecule has 1 atom stereocenters. The van der Waals surface area contributed by atoms with E-state index < -0.39 is 0 Å². The molecule has 1 aromatic carbocycles. The molecule has 1 unspecified atom stereocenters. The molecule has 3 rings (SSSR count). The zero-order chi connectivity index (χ0) is 20.2. The molecule has 162 valence electrons. The Balaban J connectivity index is 1.37. The maximum absolute atomic E-state index is 5.80. The molecule has 0 spiro atoms. The normalized spacial score (nSPS) is 20.7. The van der Waals surface area contributed by atoms with E-state index in [0.29, 0.717) is 6.54 Å². The van der Waals surface area contributed by atoms with Crippen LogP contribution in [0.2, 0.25) is 0 Å². The fourth-order valence-corrected chi connectivity index (χ4v) is 3.45. The summed E-state index contributed by atoms with van der Waals surface area (Å²) in [4.78, 5) is 7.15. The van der Waals surface area contributed by atoms with Gasteiger partial charge in [0.2, 0.25) is 0 Å². The van der Waals surface area contributed by atoms with Gasteiger partial charge in [0.05, 0.1) is 32.5 Å². The molecule has 29 heavy (non-hydrogen) atoms. The summed E-state index contributed by atoms with van der Waals surface area (Å²) in [6, 6.07) is 8.79. The van der Waals surface area contributed by atoms with Gasteiger partial charge in [0.1, 0.15) is 0 Å². The summed E-state index contributed by atoms with van der Waals surface area (Å²) in [6.07, 6.45) is 2.25. The standard InChI is InChI=1S/C22H36N4O3/c1-2-23-22(24-9-3-12-29-21-8-13-28-18-21)25-16-19-4-6-20(7-5-19)17-26-10-14-27-15-11-26/h4-7,21H,2-3,8-18H2,1H3,(H2,23,24,25). The number of ether oxygens (including phenoxy) is 3. The lowest BCUT2D eigenvalue weighted by Gasteiger charge is -2.26. The van der Waals surface area contributed by atoms with E-state index in [-0.39, 0.29) is 6.10 Å². The van der Waals surface area contributed by atoms with Crippen LogP contribution in [0.5, 0.6) is 0 Å². The number of nitrogens with one attached hydrogen (secondary N) is 2. The van der Waals surface area contributed by atoms with Gasteiger partial charge in [0.25, 0.3) is 0 Å². The van der Waals surface area contributed by atoms with Crippen molar-refractivity contribution in [2.24, 2.45) is 4.99 Å². The second-order valence-electron chi connectivity index (χ2n) is 7.54. The third kappa shape index (κ3) is 8.30. The predicted molar refractivity (Wildman–Crippen MR) is 115 cm³/mol. The Bertz CT molecular complexity index is 597. The summed E-state index contributed by atoms with van der Waals surface area (Å²) in [5.41, 5.74) is 2.56. The van der Waals surface area contributed by atoms with Gasteiger partial charge in [-0.1, -0.05) is 24.3 Å². The topological polar surface area (TPSA) is 67.4 Å². The van der Waals surface area contributed by atoms with Crippen molar-refractivity contribution >= 4 is 5.96 Å². The Hall–Kier alpha value is -1.67. The highest BCUT2D eigenvalue weighted by atomic mass is 16.5. The van der Waals surface area contributed by atoms with Crippen LogP contribution in [-0.4, -0.2) is 76.2 Å². The van der Waals surface area contributed by atoms with Crippen molar-refractivity contribution in [1.29, 1.82) is 0 Å². The van der Waals surface area contributed by atoms with Gasteiger partial charge >= 0.3 is 0 Å². The van der Waals surface area contributed by atoms with Gasteiger partial charge in [-0.15, -0.1) is 0 Å². The van der Waals surface area contributed by atoms with Gasteiger partial charge in [-0.05, 0) is 30.9 Å². The Morgan fingerprint density at radius 3 is 2.62 bits per heavy atom. The smallest absolute Gasteiger partial charge is 0.191 e. The number of nitrogens with zero attached hydrogens (tertiary/aromatic N) is 2. The summed E-state index contributed by atoms with van der Waals surface area (Å²) in [6.45, 7) is 11.5. The van der Waals surface area contributed by atoms with E-state index >= 15 is 0 Å². The molecule has 2 heterocycles. The van der Waals surface area contributed by atoms with E-state index in [4.69, 9.17) is 19.2 Å². The highest BCUT2D eigenvalue weighted by molar-refractivity contribution is 5.79. The molecule has 0 saturated carbocycles. The SMILES string of the molecule is CCNC(=NCc1ccc(CN2CCOCC2)cc1)NCCCOC1CCOC1. The predicted octanol–water partition coefficient (Wildman–Crippen LogP) is 1.77. The molecule has 2 aliphatic heterocycles. The quantitative estimate of drug-likeness (QED) is 0.352. The van der Waals surface area contributed by atoms with Gasteiger partial charge in [0, 0.05) is 45.9 Å². The van der Waals surface area contributed by atoms with Crippen molar-refractivity contribution in [3.05, 3.63) is 35.4 Å². The van der Waals surface area contributed by atoms with E-state index in [1.807, 2.05) is 0 Å². The first-order valence-corrected chi connectivity index (χ1v) is 10.9. The second-order valence-corrected chi connectivity index (χ2v) is 7.54. The maximum atomic E-state index is 5.80. The van der Waals surface area contributed by atoms with Crippen molar-refractivity contribution in [3.63, 3.8) is 0 Å². The minimum absolute atomic E-state index is 0.281. The average Bonchev–Trinajstić information content (AvgIpc) is 3.27. The van der Waals surface area contributed by atoms with E-state index in [1.165, 1.54) is 11.1 Å². The molecule has 7 heteroatoms. The zero-order valence-electron chi connectivity index (χ0n) is 17.7. The Morgan fingerprint density at radius 2 is 1.90 bits per heavy atom. The summed E-state index contributed by atoms with van der Waals surface area (Å²) in [5, 5.41) is 6.70. The van der Waals surface area contributed by atoms with Crippen LogP contribution in [0, 0.1) is 0 Å². The lowest BCUT2D eigenvalue weighted by molar-refractivity contribution is 0.0342. The molecule has 0 aromatic heterocycles. The van der Waals surface area contributed by atoms with Crippen LogP contribution in [0.4, 0.5) is 0 Å². The van der Waals surface area contributed by atoms with Crippen molar-refractivity contribution < 1.29 is 14.2 Å². The van der Waals surface area contributed by atoms with E-state index in [1.54, 1.807) is 0 Å². The molecular weight excluding hydrogens is 368 g/mol. The van der Waals surface area contributed by atoms with Crippen LogP contribution < -0.4 is 10.6 Å². The number of benzene rings is 1. The number of aliphatic imine (C=N–C) groups is 1. The summed E-state index contributed by atoms with van der Waals surface area (Å²) in [7, 11) is 0. The Labute approximate surface area is 174 Å². The molecule has 7 nitrogen and oxygen atoms in total. The zero-order valence-corrected chi connectivity index (χ0v) is 17.7. The lowest BCUT2D eigenvalue weighted by atomic mass is 10.1. The van der Waals surface area contributed by atoms with Gasteiger partial charge in [0.15, 0.2) is 5.96 Å². The van der Waals surface area contributed by atoms with Gasteiger partial charge in [-0.3, -0.25) is 4.90 Å². The number of rotatable bonds is 10. The van der Waals surface area contributed by atoms with E-state index in [9.17, 15) is 0 Å². The molecule has 0 radical (unpaired) electrons. The van der Waals surface area contributed by atoms with Crippen LogP contribution in [-0.2, 0) is 27.3 Å². The minimum atomic E-state index is 0.281. The van der Waals surface area contributed by atoms with Crippen LogP contribution in [0.15, 0.2) is 29.3 Å². The van der Waals surface area contributed by atoms with Crippen molar-refractivity contribution in [2.75, 3.05) is 59.2 Å². The highest BCUT2D eigenvalue weighted by Crippen LogP contribution is 2.10. The average molecular weight is 405 g/mol. The number of hydrogen-bond donors (Lipinski definition) is 2. The first-order chi connectivity index (χ1) is 14.3. The molecule has 2 fully saturated rings. The fourth-order valence-electron chi connectivity index (χ4n) is 3.45. The Kier molecular flexibility index (Phi) is 9.72. The highest BCUT2D eigenvalue weighted by Gasteiger charge is 2.15. The molecule has 2 aliphatic rings. The van der Waals surface area contributed by atoms with Crippen molar-refractivity contribution in [3.8, 4) is 0 Å². The first-order valence-electron chi connectivity index (χ1n) is 10.9. The van der Waals surface area contributed by atoms with Crippen LogP contribution >= 0.6 is 0 Å². The maximum Gasteiger partial charge on any atom is 0.191 e.